The van der Waals surface area contributed by atoms with Crippen molar-refractivity contribution in [1.29, 1.82) is 5.26 Å². The lowest BCUT2D eigenvalue weighted by atomic mass is 10.0. The SMILES string of the molecule is N#C/C=C(\c1ccc(Cl)cc1)c1ccccn1. The fourth-order valence-electron chi connectivity index (χ4n) is 1.52. The maximum atomic E-state index is 8.83. The monoisotopic (exact) mass is 240 g/mol. The third kappa shape index (κ3) is 2.72. The van der Waals surface area contributed by atoms with Crippen LogP contribution in [0, 0.1) is 11.3 Å². The van der Waals surface area contributed by atoms with Crippen molar-refractivity contribution < 1.29 is 0 Å². The van der Waals surface area contributed by atoms with Crippen LogP contribution in [0.15, 0.2) is 54.7 Å². The quantitative estimate of drug-likeness (QED) is 0.751. The highest BCUT2D eigenvalue weighted by Gasteiger charge is 2.05. The van der Waals surface area contributed by atoms with Gasteiger partial charge in [0.25, 0.3) is 0 Å². The Hall–Kier alpha value is -2.11. The van der Waals surface area contributed by atoms with E-state index in [9.17, 15) is 0 Å². The third-order valence-electron chi connectivity index (χ3n) is 2.30. The number of nitriles is 1. The zero-order valence-corrected chi connectivity index (χ0v) is 9.72. The molecule has 0 unspecified atom stereocenters. The number of hydrogen-bond donors (Lipinski definition) is 0. The highest BCUT2D eigenvalue weighted by atomic mass is 35.5. The molecule has 1 heterocycles. The summed E-state index contributed by atoms with van der Waals surface area (Å²) in [5.74, 6) is 0. The molecule has 0 N–H and O–H groups in total. The molecule has 2 rings (SSSR count). The van der Waals surface area contributed by atoms with Crippen LogP contribution >= 0.6 is 11.6 Å². The van der Waals surface area contributed by atoms with Gasteiger partial charge in [-0.1, -0.05) is 29.8 Å². The van der Waals surface area contributed by atoms with Gasteiger partial charge in [0.1, 0.15) is 0 Å². The second kappa shape index (κ2) is 5.29. The van der Waals surface area contributed by atoms with E-state index >= 15 is 0 Å². The molecule has 2 aromatic rings. The van der Waals surface area contributed by atoms with E-state index in [1.54, 1.807) is 18.3 Å². The number of pyridine rings is 1. The molecule has 0 spiro atoms. The Morgan fingerprint density at radius 1 is 1.18 bits per heavy atom. The molecule has 2 nitrogen and oxygen atoms in total. The Bertz CT molecular complexity index is 565. The Labute approximate surface area is 105 Å². The van der Waals surface area contributed by atoms with E-state index in [-0.39, 0.29) is 0 Å². The molecule has 82 valence electrons. The zero-order chi connectivity index (χ0) is 12.1. The van der Waals surface area contributed by atoms with Crippen LogP contribution in [-0.4, -0.2) is 4.98 Å². The molecule has 0 atom stereocenters. The highest BCUT2D eigenvalue weighted by Crippen LogP contribution is 2.22. The van der Waals surface area contributed by atoms with Gasteiger partial charge in [-0.25, -0.2) is 0 Å². The summed E-state index contributed by atoms with van der Waals surface area (Å²) in [7, 11) is 0. The lowest BCUT2D eigenvalue weighted by Crippen LogP contribution is -1.90. The van der Waals surface area contributed by atoms with Crippen molar-refractivity contribution in [3.8, 4) is 6.07 Å². The van der Waals surface area contributed by atoms with Gasteiger partial charge < -0.3 is 0 Å². The maximum absolute atomic E-state index is 8.83. The van der Waals surface area contributed by atoms with E-state index in [0.29, 0.717) is 5.02 Å². The molecule has 0 amide bonds. The van der Waals surface area contributed by atoms with Gasteiger partial charge in [0.2, 0.25) is 0 Å². The van der Waals surface area contributed by atoms with Crippen molar-refractivity contribution in [2.24, 2.45) is 0 Å². The van der Waals surface area contributed by atoms with Crippen LogP contribution in [0.1, 0.15) is 11.3 Å². The van der Waals surface area contributed by atoms with Gasteiger partial charge in [-0.15, -0.1) is 0 Å². The van der Waals surface area contributed by atoms with Crippen LogP contribution in [0.4, 0.5) is 0 Å². The van der Waals surface area contributed by atoms with Gasteiger partial charge in [0.05, 0.1) is 11.8 Å². The molecule has 0 aliphatic carbocycles. The fourth-order valence-corrected chi connectivity index (χ4v) is 1.65. The standard InChI is InChI=1S/C14H9ClN2/c15-12-6-4-11(5-7-12)13(8-9-16)14-3-1-2-10-17-14/h1-8,10H/b13-8+. The van der Waals surface area contributed by atoms with E-state index in [1.807, 2.05) is 36.4 Å². The first-order valence-corrected chi connectivity index (χ1v) is 5.46. The number of aromatic nitrogens is 1. The lowest BCUT2D eigenvalue weighted by Gasteiger charge is -2.05. The van der Waals surface area contributed by atoms with E-state index < -0.39 is 0 Å². The number of halogens is 1. The minimum atomic E-state index is 0.672. The van der Waals surface area contributed by atoms with E-state index in [4.69, 9.17) is 16.9 Å². The van der Waals surface area contributed by atoms with E-state index in [1.165, 1.54) is 6.08 Å². The summed E-state index contributed by atoms with van der Waals surface area (Å²) in [4.78, 5) is 4.24. The van der Waals surface area contributed by atoms with Crippen LogP contribution in [0.25, 0.3) is 5.57 Å². The Kier molecular flexibility index (Phi) is 3.54. The summed E-state index contributed by atoms with van der Waals surface area (Å²) < 4.78 is 0. The van der Waals surface area contributed by atoms with Crippen molar-refractivity contribution in [3.05, 3.63) is 71.0 Å². The van der Waals surface area contributed by atoms with Crippen LogP contribution in [0.2, 0.25) is 5.02 Å². The predicted octanol–water partition coefficient (Wildman–Crippen LogP) is 3.69. The molecule has 0 saturated heterocycles. The smallest absolute Gasteiger partial charge is 0.0919 e. The van der Waals surface area contributed by atoms with Crippen LogP contribution in [0.5, 0.6) is 0 Å². The zero-order valence-electron chi connectivity index (χ0n) is 8.97. The maximum Gasteiger partial charge on any atom is 0.0919 e. The molecular formula is C14H9ClN2. The molecule has 3 heteroatoms. The van der Waals surface area contributed by atoms with Gasteiger partial charge in [-0.2, -0.15) is 5.26 Å². The Morgan fingerprint density at radius 3 is 2.53 bits per heavy atom. The van der Waals surface area contributed by atoms with Gasteiger partial charge in [-0.05, 0) is 29.8 Å². The second-order valence-electron chi connectivity index (χ2n) is 3.41. The predicted molar refractivity (Wildman–Crippen MR) is 68.4 cm³/mol. The number of rotatable bonds is 2. The first-order valence-electron chi connectivity index (χ1n) is 5.08. The van der Waals surface area contributed by atoms with Crippen molar-refractivity contribution >= 4 is 17.2 Å². The minimum absolute atomic E-state index is 0.672. The van der Waals surface area contributed by atoms with E-state index in [2.05, 4.69) is 4.98 Å². The van der Waals surface area contributed by atoms with Crippen LogP contribution < -0.4 is 0 Å². The summed E-state index contributed by atoms with van der Waals surface area (Å²) in [6.45, 7) is 0. The van der Waals surface area contributed by atoms with Crippen molar-refractivity contribution in [2.45, 2.75) is 0 Å². The second-order valence-corrected chi connectivity index (χ2v) is 3.85. The average Bonchev–Trinajstić information content (AvgIpc) is 2.38. The molecule has 0 aliphatic heterocycles. The van der Waals surface area contributed by atoms with Gasteiger partial charge in [-0.3, -0.25) is 4.98 Å². The first kappa shape index (κ1) is 11.4. The number of hydrogen-bond acceptors (Lipinski definition) is 2. The molecule has 0 fully saturated rings. The van der Waals surface area contributed by atoms with Crippen LogP contribution in [-0.2, 0) is 0 Å². The summed E-state index contributed by atoms with van der Waals surface area (Å²) in [5, 5.41) is 9.51. The third-order valence-corrected chi connectivity index (χ3v) is 2.56. The minimum Gasteiger partial charge on any atom is -0.256 e. The molecule has 0 aliphatic rings. The number of allylic oxidation sites excluding steroid dienone is 1. The molecule has 0 radical (unpaired) electrons. The van der Waals surface area contributed by atoms with Gasteiger partial charge in [0.15, 0.2) is 0 Å². The lowest BCUT2D eigenvalue weighted by molar-refractivity contribution is 1.27. The largest absolute Gasteiger partial charge is 0.256 e. The van der Waals surface area contributed by atoms with Crippen molar-refractivity contribution in [1.82, 2.24) is 4.98 Å². The molecule has 0 bridgehead atoms. The molecule has 1 aromatic carbocycles. The normalized spacial score (nSPS) is 10.9. The molecule has 1 aromatic heterocycles. The average molecular weight is 241 g/mol. The summed E-state index contributed by atoms with van der Waals surface area (Å²) in [5.41, 5.74) is 2.50. The topological polar surface area (TPSA) is 36.7 Å². The summed E-state index contributed by atoms with van der Waals surface area (Å²) in [6, 6.07) is 15.0. The highest BCUT2D eigenvalue weighted by molar-refractivity contribution is 6.30. The van der Waals surface area contributed by atoms with E-state index in [0.717, 1.165) is 16.8 Å². The molecule has 17 heavy (non-hydrogen) atoms. The van der Waals surface area contributed by atoms with Gasteiger partial charge in [0, 0.05) is 22.9 Å². The van der Waals surface area contributed by atoms with Crippen molar-refractivity contribution in [3.63, 3.8) is 0 Å². The summed E-state index contributed by atoms with van der Waals surface area (Å²) in [6.07, 6.45) is 3.20. The summed E-state index contributed by atoms with van der Waals surface area (Å²) >= 11 is 5.84. The number of nitrogens with zero attached hydrogens (tertiary/aromatic N) is 2. The number of benzene rings is 1. The van der Waals surface area contributed by atoms with Crippen molar-refractivity contribution in [2.75, 3.05) is 0 Å². The molecular weight excluding hydrogens is 232 g/mol. The van der Waals surface area contributed by atoms with Gasteiger partial charge >= 0.3 is 0 Å². The Balaban J connectivity index is 2.48. The Morgan fingerprint density at radius 2 is 1.94 bits per heavy atom. The molecule has 0 saturated carbocycles. The fraction of sp³-hybridized carbons (Fsp3) is 0. The first-order chi connectivity index (χ1) is 8.31. The van der Waals surface area contributed by atoms with Crippen LogP contribution in [0.3, 0.4) is 0 Å².